The summed E-state index contributed by atoms with van der Waals surface area (Å²) >= 11 is 0. The van der Waals surface area contributed by atoms with E-state index >= 15 is 0 Å². The Balaban J connectivity index is 1.45. The zero-order chi connectivity index (χ0) is 20.4. The van der Waals surface area contributed by atoms with E-state index in [1.54, 1.807) is 19.2 Å². The molecule has 0 aromatic heterocycles. The maximum atomic E-state index is 13.3. The molecule has 7 heteroatoms. The van der Waals surface area contributed by atoms with Gasteiger partial charge in [0.25, 0.3) is 0 Å². The van der Waals surface area contributed by atoms with Gasteiger partial charge in [0.2, 0.25) is 11.8 Å². The van der Waals surface area contributed by atoms with Crippen LogP contribution in [0.1, 0.15) is 18.4 Å². The molecular weight excluding hydrogens is 373 g/mol. The molecule has 0 bridgehead atoms. The number of halogens is 1. The van der Waals surface area contributed by atoms with Crippen LogP contribution >= 0.6 is 0 Å². The lowest BCUT2D eigenvalue weighted by molar-refractivity contribution is -0.134. The first kappa shape index (κ1) is 19.2. The van der Waals surface area contributed by atoms with Crippen molar-refractivity contribution in [3.63, 3.8) is 0 Å². The summed E-state index contributed by atoms with van der Waals surface area (Å²) in [7, 11) is 1.60. The molecule has 2 aromatic carbocycles. The Labute approximate surface area is 169 Å². The van der Waals surface area contributed by atoms with Crippen molar-refractivity contribution >= 4 is 17.5 Å². The molecule has 2 saturated heterocycles. The Bertz CT molecular complexity index is 908. The number of ether oxygens (including phenoxy) is 1. The lowest BCUT2D eigenvalue weighted by Gasteiger charge is -2.43. The first-order valence-corrected chi connectivity index (χ1v) is 9.74. The van der Waals surface area contributed by atoms with Crippen molar-refractivity contribution in [2.75, 3.05) is 31.8 Å². The molecule has 4 rings (SSSR count). The van der Waals surface area contributed by atoms with Gasteiger partial charge in [-0.2, -0.15) is 0 Å². The average molecular weight is 397 g/mol. The molecule has 0 radical (unpaired) electrons. The average Bonchev–Trinajstić information content (AvgIpc) is 3.05. The van der Waals surface area contributed by atoms with Gasteiger partial charge < -0.3 is 19.9 Å². The summed E-state index contributed by atoms with van der Waals surface area (Å²) in [6, 6.07) is 13.7. The van der Waals surface area contributed by atoms with Crippen molar-refractivity contribution in [3.8, 4) is 5.75 Å². The smallest absolute Gasteiger partial charge is 0.247 e. The highest BCUT2D eigenvalue weighted by atomic mass is 19.1. The number of amides is 2. The normalized spacial score (nSPS) is 18.1. The number of hydrogen-bond acceptors (Lipinski definition) is 4. The number of likely N-dealkylation sites (tertiary alicyclic amines) is 1. The van der Waals surface area contributed by atoms with Gasteiger partial charge in [0.05, 0.1) is 20.2 Å². The largest absolute Gasteiger partial charge is 0.497 e. The maximum Gasteiger partial charge on any atom is 0.247 e. The first-order valence-electron chi connectivity index (χ1n) is 9.74. The van der Waals surface area contributed by atoms with Crippen molar-refractivity contribution in [1.82, 2.24) is 10.2 Å². The molecular formula is C22H24FN3O3. The molecule has 1 N–H and O–H groups in total. The number of hydrogen-bond donors (Lipinski definition) is 1. The molecule has 2 aliphatic rings. The number of methoxy groups -OCH3 is 1. The van der Waals surface area contributed by atoms with Gasteiger partial charge in [-0.05, 0) is 54.8 Å². The zero-order valence-electron chi connectivity index (χ0n) is 16.4. The standard InChI is InChI=1S/C22H24FN3O3/c1-29-19-4-2-3-16(13-19)14-20(27)25-11-9-22(10-12-25)21(28)24-15-26(22)18-7-5-17(23)6-8-18/h2-8,13H,9-12,14-15H2,1H3,(H,24,28). The molecule has 2 amide bonds. The number of benzene rings is 2. The van der Waals surface area contributed by atoms with Crippen molar-refractivity contribution in [2.24, 2.45) is 0 Å². The SMILES string of the molecule is COc1cccc(CC(=O)N2CCC3(CC2)C(=O)NCN3c2ccc(F)cc2)c1. The molecule has 0 unspecified atom stereocenters. The van der Waals surface area contributed by atoms with E-state index in [0.717, 1.165) is 17.0 Å². The van der Waals surface area contributed by atoms with Crippen molar-refractivity contribution in [3.05, 3.63) is 59.9 Å². The summed E-state index contributed by atoms with van der Waals surface area (Å²) in [5.74, 6) is 0.436. The van der Waals surface area contributed by atoms with Crippen LogP contribution in [0, 0.1) is 5.82 Å². The van der Waals surface area contributed by atoms with Crippen LogP contribution in [0.25, 0.3) is 0 Å². The maximum absolute atomic E-state index is 13.3. The first-order chi connectivity index (χ1) is 14.0. The number of carbonyl (C=O) groups excluding carboxylic acids is 2. The second-order valence-electron chi connectivity index (χ2n) is 7.51. The third kappa shape index (κ3) is 3.64. The van der Waals surface area contributed by atoms with Crippen LogP contribution in [0.15, 0.2) is 48.5 Å². The quantitative estimate of drug-likeness (QED) is 0.860. The third-order valence-corrected chi connectivity index (χ3v) is 5.91. The predicted molar refractivity (Wildman–Crippen MR) is 107 cm³/mol. The number of rotatable bonds is 4. The molecule has 29 heavy (non-hydrogen) atoms. The molecule has 0 saturated carbocycles. The highest BCUT2D eigenvalue weighted by Crippen LogP contribution is 2.36. The van der Waals surface area contributed by atoms with Gasteiger partial charge in [0.15, 0.2) is 0 Å². The van der Waals surface area contributed by atoms with Crippen molar-refractivity contribution in [1.29, 1.82) is 0 Å². The van der Waals surface area contributed by atoms with E-state index in [0.29, 0.717) is 39.0 Å². The molecule has 152 valence electrons. The van der Waals surface area contributed by atoms with E-state index in [2.05, 4.69) is 5.32 Å². The number of anilines is 1. The highest BCUT2D eigenvalue weighted by Gasteiger charge is 2.50. The summed E-state index contributed by atoms with van der Waals surface area (Å²) in [5.41, 5.74) is 1.02. The van der Waals surface area contributed by atoms with Gasteiger partial charge >= 0.3 is 0 Å². The fraction of sp³-hybridized carbons (Fsp3) is 0.364. The fourth-order valence-corrected chi connectivity index (χ4v) is 4.24. The van der Waals surface area contributed by atoms with E-state index < -0.39 is 5.54 Å². The zero-order valence-corrected chi connectivity index (χ0v) is 16.4. The molecule has 2 aromatic rings. The van der Waals surface area contributed by atoms with Crippen molar-refractivity contribution < 1.29 is 18.7 Å². The topological polar surface area (TPSA) is 61.9 Å². The highest BCUT2D eigenvalue weighted by molar-refractivity contribution is 5.93. The van der Waals surface area contributed by atoms with Gasteiger partial charge in [0.1, 0.15) is 17.1 Å². The Hall–Kier alpha value is -3.09. The summed E-state index contributed by atoms with van der Waals surface area (Å²) in [6.45, 7) is 1.41. The Morgan fingerprint density at radius 1 is 1.17 bits per heavy atom. The minimum atomic E-state index is -0.690. The second-order valence-corrected chi connectivity index (χ2v) is 7.51. The van der Waals surface area contributed by atoms with Gasteiger partial charge in [-0.25, -0.2) is 4.39 Å². The van der Waals surface area contributed by atoms with E-state index in [1.807, 2.05) is 34.1 Å². The van der Waals surface area contributed by atoms with Crippen LogP contribution in [-0.2, 0) is 16.0 Å². The molecule has 6 nitrogen and oxygen atoms in total. The third-order valence-electron chi connectivity index (χ3n) is 5.91. The number of carbonyl (C=O) groups is 2. The van der Waals surface area contributed by atoms with Crippen LogP contribution in [0.4, 0.5) is 10.1 Å². The van der Waals surface area contributed by atoms with Gasteiger partial charge in [0, 0.05) is 18.8 Å². The second kappa shape index (κ2) is 7.73. The van der Waals surface area contributed by atoms with E-state index in [9.17, 15) is 14.0 Å². The molecule has 1 spiro atoms. The van der Waals surface area contributed by atoms with Gasteiger partial charge in [-0.1, -0.05) is 12.1 Å². The summed E-state index contributed by atoms with van der Waals surface area (Å²) in [6.07, 6.45) is 1.39. The molecule has 0 atom stereocenters. The fourth-order valence-electron chi connectivity index (χ4n) is 4.24. The predicted octanol–water partition coefficient (Wildman–Crippen LogP) is 2.33. The number of nitrogens with one attached hydrogen (secondary N) is 1. The Morgan fingerprint density at radius 2 is 1.90 bits per heavy atom. The minimum absolute atomic E-state index is 0.0262. The molecule has 2 aliphatic heterocycles. The lowest BCUT2D eigenvalue weighted by atomic mass is 9.85. The van der Waals surface area contributed by atoms with Crippen LogP contribution in [0.3, 0.4) is 0 Å². The van der Waals surface area contributed by atoms with Crippen LogP contribution in [-0.4, -0.2) is 49.1 Å². The van der Waals surface area contributed by atoms with Gasteiger partial charge in [-0.3, -0.25) is 9.59 Å². The summed E-state index contributed by atoms with van der Waals surface area (Å²) in [5, 5.41) is 2.92. The molecule has 0 aliphatic carbocycles. The van der Waals surface area contributed by atoms with E-state index in [1.165, 1.54) is 12.1 Å². The number of piperidine rings is 1. The monoisotopic (exact) mass is 397 g/mol. The van der Waals surface area contributed by atoms with Gasteiger partial charge in [-0.15, -0.1) is 0 Å². The Morgan fingerprint density at radius 3 is 2.59 bits per heavy atom. The Kier molecular flexibility index (Phi) is 5.13. The van der Waals surface area contributed by atoms with E-state index in [4.69, 9.17) is 4.74 Å². The van der Waals surface area contributed by atoms with Crippen LogP contribution < -0.4 is 15.0 Å². The molecule has 2 heterocycles. The van der Waals surface area contributed by atoms with E-state index in [-0.39, 0.29) is 17.6 Å². The molecule has 2 fully saturated rings. The van der Waals surface area contributed by atoms with Crippen LogP contribution in [0.5, 0.6) is 5.75 Å². The summed E-state index contributed by atoms with van der Waals surface area (Å²) in [4.78, 5) is 29.3. The summed E-state index contributed by atoms with van der Waals surface area (Å²) < 4.78 is 18.5. The lowest BCUT2D eigenvalue weighted by Crippen LogP contribution is -2.57. The van der Waals surface area contributed by atoms with Crippen molar-refractivity contribution in [2.45, 2.75) is 24.8 Å². The van der Waals surface area contributed by atoms with Crippen LogP contribution in [0.2, 0.25) is 0 Å². The minimum Gasteiger partial charge on any atom is -0.497 e. The number of nitrogens with zero attached hydrogens (tertiary/aromatic N) is 2.